The Balaban J connectivity index is 1.73. The van der Waals surface area contributed by atoms with Crippen molar-refractivity contribution in [3.8, 4) is 5.75 Å². The first-order valence-corrected chi connectivity index (χ1v) is 9.19. The van der Waals surface area contributed by atoms with E-state index in [9.17, 15) is 9.90 Å². The van der Waals surface area contributed by atoms with Gasteiger partial charge in [-0.15, -0.1) is 0 Å². The minimum Gasteiger partial charge on any atom is -0.490 e. The Morgan fingerprint density at radius 1 is 1.32 bits per heavy atom. The van der Waals surface area contributed by atoms with Crippen LogP contribution < -0.4 is 10.1 Å². The third-order valence-electron chi connectivity index (χ3n) is 4.62. The largest absolute Gasteiger partial charge is 0.490 e. The molecule has 1 fully saturated rings. The highest BCUT2D eigenvalue weighted by Gasteiger charge is 2.26. The molecule has 140 valence electrons. The quantitative estimate of drug-likeness (QED) is 0.829. The van der Waals surface area contributed by atoms with E-state index >= 15 is 0 Å². The van der Waals surface area contributed by atoms with Crippen molar-refractivity contribution >= 4 is 6.03 Å². The van der Waals surface area contributed by atoms with Gasteiger partial charge in [-0.3, -0.25) is 0 Å². The fraction of sp³-hybridized carbons (Fsp3) is 0.650. The average Bonchev–Trinajstić information content (AvgIpc) is 2.54. The highest BCUT2D eigenvalue weighted by molar-refractivity contribution is 5.74. The van der Waals surface area contributed by atoms with E-state index in [0.29, 0.717) is 26.1 Å². The number of benzene rings is 1. The number of aliphatic hydroxyl groups excluding tert-OH is 1. The number of likely N-dealkylation sites (tertiary alicyclic amines) is 1. The van der Waals surface area contributed by atoms with Crippen molar-refractivity contribution in [2.24, 2.45) is 5.41 Å². The predicted molar refractivity (Wildman–Crippen MR) is 99.9 cm³/mol. The maximum atomic E-state index is 12.3. The number of nitrogens with zero attached hydrogens (tertiary/aromatic N) is 1. The third kappa shape index (κ3) is 6.58. The molecular weight excluding hydrogens is 316 g/mol. The first-order chi connectivity index (χ1) is 11.7. The summed E-state index contributed by atoms with van der Waals surface area (Å²) in [6.45, 7) is 9.93. The van der Waals surface area contributed by atoms with E-state index in [0.717, 1.165) is 18.6 Å². The van der Waals surface area contributed by atoms with Gasteiger partial charge in [-0.05, 0) is 37.8 Å². The Morgan fingerprint density at radius 3 is 2.48 bits per heavy atom. The molecule has 2 amide bonds. The number of rotatable bonds is 6. The molecule has 25 heavy (non-hydrogen) atoms. The molecule has 1 saturated heterocycles. The molecule has 1 aliphatic heterocycles. The van der Waals surface area contributed by atoms with Crippen molar-refractivity contribution in [2.45, 2.75) is 59.2 Å². The molecule has 5 nitrogen and oxygen atoms in total. The Labute approximate surface area is 151 Å². The molecule has 0 bridgehead atoms. The fourth-order valence-electron chi connectivity index (χ4n) is 3.28. The lowest BCUT2D eigenvalue weighted by Gasteiger charge is -2.33. The number of hydrogen-bond acceptors (Lipinski definition) is 3. The second-order valence-electron chi connectivity index (χ2n) is 7.99. The molecule has 1 unspecified atom stereocenters. The van der Waals surface area contributed by atoms with Crippen molar-refractivity contribution in [3.05, 3.63) is 29.8 Å². The highest BCUT2D eigenvalue weighted by atomic mass is 16.5. The SMILES string of the molecule is Cc1ccc(OC2CCN(C(=O)NCC(C)(C)CC(C)O)CC2)cc1. The first-order valence-electron chi connectivity index (χ1n) is 9.19. The van der Waals surface area contributed by atoms with Crippen molar-refractivity contribution < 1.29 is 14.6 Å². The number of aryl methyl sites for hydroxylation is 1. The number of carbonyl (C=O) groups excluding carboxylic acids is 1. The molecule has 2 N–H and O–H groups in total. The number of urea groups is 1. The summed E-state index contributed by atoms with van der Waals surface area (Å²) in [6, 6.07) is 8.07. The van der Waals surface area contributed by atoms with Crippen molar-refractivity contribution in [3.63, 3.8) is 0 Å². The maximum Gasteiger partial charge on any atom is 0.317 e. The molecule has 1 heterocycles. The summed E-state index contributed by atoms with van der Waals surface area (Å²) in [4.78, 5) is 14.2. The number of piperidine rings is 1. The van der Waals surface area contributed by atoms with Gasteiger partial charge in [0.25, 0.3) is 0 Å². The maximum absolute atomic E-state index is 12.3. The molecule has 1 aromatic rings. The van der Waals surface area contributed by atoms with Gasteiger partial charge in [0.1, 0.15) is 11.9 Å². The third-order valence-corrected chi connectivity index (χ3v) is 4.62. The lowest BCUT2D eigenvalue weighted by atomic mass is 9.87. The zero-order valence-corrected chi connectivity index (χ0v) is 15.9. The smallest absolute Gasteiger partial charge is 0.317 e. The molecule has 1 atom stereocenters. The highest BCUT2D eigenvalue weighted by Crippen LogP contribution is 2.22. The van der Waals surface area contributed by atoms with Crippen LogP contribution in [0.3, 0.4) is 0 Å². The Bertz CT molecular complexity index is 547. The lowest BCUT2D eigenvalue weighted by Crippen LogP contribution is -2.48. The minimum absolute atomic E-state index is 0.0209. The summed E-state index contributed by atoms with van der Waals surface area (Å²) in [7, 11) is 0. The van der Waals surface area contributed by atoms with Gasteiger partial charge in [-0.1, -0.05) is 31.5 Å². The topological polar surface area (TPSA) is 61.8 Å². The van der Waals surface area contributed by atoms with Crippen LogP contribution in [0.25, 0.3) is 0 Å². The van der Waals surface area contributed by atoms with Crippen molar-refractivity contribution in [1.82, 2.24) is 10.2 Å². The second-order valence-corrected chi connectivity index (χ2v) is 7.99. The van der Waals surface area contributed by atoms with Crippen LogP contribution in [0.4, 0.5) is 4.79 Å². The zero-order valence-electron chi connectivity index (χ0n) is 15.9. The number of hydrogen-bond donors (Lipinski definition) is 2. The number of ether oxygens (including phenoxy) is 1. The van der Waals surface area contributed by atoms with E-state index in [4.69, 9.17) is 4.74 Å². The summed E-state index contributed by atoms with van der Waals surface area (Å²) < 4.78 is 6.01. The van der Waals surface area contributed by atoms with E-state index in [2.05, 4.69) is 26.1 Å². The molecule has 1 aliphatic rings. The number of nitrogens with one attached hydrogen (secondary N) is 1. The molecule has 5 heteroatoms. The van der Waals surface area contributed by atoms with Crippen LogP contribution in [0.15, 0.2) is 24.3 Å². The Hall–Kier alpha value is -1.75. The van der Waals surface area contributed by atoms with Gasteiger partial charge in [-0.25, -0.2) is 4.79 Å². The predicted octanol–water partition coefficient (Wildman–Crippen LogP) is 3.34. The number of aliphatic hydroxyl groups is 1. The molecule has 0 spiro atoms. The van der Waals surface area contributed by atoms with Crippen LogP contribution in [0, 0.1) is 12.3 Å². The Morgan fingerprint density at radius 2 is 1.92 bits per heavy atom. The molecule has 0 radical (unpaired) electrons. The van der Waals surface area contributed by atoms with Crippen molar-refractivity contribution in [1.29, 1.82) is 0 Å². The normalized spacial score (nSPS) is 17.2. The fourth-order valence-corrected chi connectivity index (χ4v) is 3.28. The van der Waals surface area contributed by atoms with Gasteiger partial charge < -0.3 is 20.1 Å². The standard InChI is InChI=1S/C20H32N2O3/c1-15-5-7-17(8-6-15)25-18-9-11-22(12-10-18)19(24)21-14-20(3,4)13-16(2)23/h5-8,16,18,23H,9-14H2,1-4H3,(H,21,24). The average molecular weight is 348 g/mol. The van der Waals surface area contributed by atoms with Crippen LogP contribution in [0.2, 0.25) is 0 Å². The van der Waals surface area contributed by atoms with E-state index in [1.165, 1.54) is 5.56 Å². The molecule has 0 aliphatic carbocycles. The van der Waals surface area contributed by atoms with Gasteiger partial charge in [0.15, 0.2) is 0 Å². The summed E-state index contributed by atoms with van der Waals surface area (Å²) in [6.07, 6.45) is 2.16. The van der Waals surface area contributed by atoms with Gasteiger partial charge in [0.05, 0.1) is 6.10 Å². The molecule has 0 saturated carbocycles. The van der Waals surface area contributed by atoms with Gasteiger partial charge in [0, 0.05) is 32.5 Å². The molecule has 1 aromatic carbocycles. The van der Waals surface area contributed by atoms with Gasteiger partial charge in [0.2, 0.25) is 0 Å². The van der Waals surface area contributed by atoms with Crippen LogP contribution in [0.5, 0.6) is 5.75 Å². The number of amides is 2. The molecule has 0 aromatic heterocycles. The van der Waals surface area contributed by atoms with Gasteiger partial charge in [-0.2, -0.15) is 0 Å². The second kappa shape index (κ2) is 8.56. The van der Waals surface area contributed by atoms with Crippen LogP contribution in [-0.4, -0.2) is 47.9 Å². The monoisotopic (exact) mass is 348 g/mol. The minimum atomic E-state index is -0.360. The van der Waals surface area contributed by atoms with E-state index in [-0.39, 0.29) is 23.7 Å². The van der Waals surface area contributed by atoms with Crippen LogP contribution >= 0.6 is 0 Å². The molecular formula is C20H32N2O3. The molecule has 2 rings (SSSR count). The first kappa shape index (κ1) is 19.6. The van der Waals surface area contributed by atoms with E-state index in [1.807, 2.05) is 29.2 Å². The van der Waals surface area contributed by atoms with E-state index < -0.39 is 0 Å². The van der Waals surface area contributed by atoms with Crippen LogP contribution in [0.1, 0.15) is 45.6 Å². The van der Waals surface area contributed by atoms with Crippen molar-refractivity contribution in [2.75, 3.05) is 19.6 Å². The summed E-state index contributed by atoms with van der Waals surface area (Å²) in [5.74, 6) is 0.897. The van der Waals surface area contributed by atoms with Crippen LogP contribution in [-0.2, 0) is 0 Å². The Kier molecular flexibility index (Phi) is 6.71. The summed E-state index contributed by atoms with van der Waals surface area (Å²) in [5.41, 5.74) is 1.11. The zero-order chi connectivity index (χ0) is 18.4. The summed E-state index contributed by atoms with van der Waals surface area (Å²) in [5, 5.41) is 12.5. The summed E-state index contributed by atoms with van der Waals surface area (Å²) >= 11 is 0. The number of carbonyl (C=O) groups is 1. The van der Waals surface area contributed by atoms with E-state index in [1.54, 1.807) is 6.92 Å². The lowest BCUT2D eigenvalue weighted by molar-refractivity contribution is 0.105. The van der Waals surface area contributed by atoms with Gasteiger partial charge >= 0.3 is 6.03 Å².